The van der Waals surface area contributed by atoms with Gasteiger partial charge in [-0.25, -0.2) is 0 Å². The van der Waals surface area contributed by atoms with Gasteiger partial charge in [-0.2, -0.15) is 0 Å². The van der Waals surface area contributed by atoms with Crippen LogP contribution in [0.15, 0.2) is 18.2 Å². The Morgan fingerprint density at radius 1 is 1.12 bits per heavy atom. The second kappa shape index (κ2) is 8.49. The number of piperazine rings is 1. The summed E-state index contributed by atoms with van der Waals surface area (Å²) in [5.74, 6) is 1.76. The molecule has 0 bridgehead atoms. The van der Waals surface area contributed by atoms with Crippen molar-refractivity contribution in [1.82, 2.24) is 9.80 Å². The zero-order valence-corrected chi connectivity index (χ0v) is 14.6. The highest BCUT2D eigenvalue weighted by Crippen LogP contribution is 2.30. The summed E-state index contributed by atoms with van der Waals surface area (Å²) in [6, 6.07) is 6.37. The normalized spacial score (nSPS) is 20.4. The summed E-state index contributed by atoms with van der Waals surface area (Å²) in [6.45, 7) is 8.65. The maximum Gasteiger partial charge on any atom is 0.161 e. The molecule has 3 rings (SSSR count). The third kappa shape index (κ3) is 4.48. The van der Waals surface area contributed by atoms with Gasteiger partial charge in [0.1, 0.15) is 6.29 Å². The van der Waals surface area contributed by atoms with Crippen LogP contribution in [0.1, 0.15) is 25.3 Å². The van der Waals surface area contributed by atoms with Crippen molar-refractivity contribution in [3.05, 3.63) is 23.8 Å². The van der Waals surface area contributed by atoms with Crippen LogP contribution < -0.4 is 9.47 Å². The number of aldehydes is 1. The van der Waals surface area contributed by atoms with Gasteiger partial charge in [-0.3, -0.25) is 4.90 Å². The van der Waals surface area contributed by atoms with Gasteiger partial charge in [-0.1, -0.05) is 6.07 Å². The molecule has 0 amide bonds. The summed E-state index contributed by atoms with van der Waals surface area (Å²) >= 11 is 0. The van der Waals surface area contributed by atoms with Gasteiger partial charge in [0, 0.05) is 32.6 Å². The first kappa shape index (κ1) is 17.2. The third-order valence-corrected chi connectivity index (χ3v) is 4.93. The highest BCUT2D eigenvalue weighted by Gasteiger charge is 2.20. The van der Waals surface area contributed by atoms with Crippen molar-refractivity contribution in [3.63, 3.8) is 0 Å². The lowest BCUT2D eigenvalue weighted by molar-refractivity contribution is -0.112. The maximum atomic E-state index is 10.9. The summed E-state index contributed by atoms with van der Waals surface area (Å²) in [6.07, 6.45) is 4.18. The van der Waals surface area contributed by atoms with Gasteiger partial charge in [0.05, 0.1) is 19.3 Å². The van der Waals surface area contributed by atoms with E-state index in [4.69, 9.17) is 9.47 Å². The van der Waals surface area contributed by atoms with Crippen molar-refractivity contribution in [3.8, 4) is 11.5 Å². The van der Waals surface area contributed by atoms with Crippen LogP contribution in [0.2, 0.25) is 0 Å². The van der Waals surface area contributed by atoms with E-state index in [1.54, 1.807) is 0 Å². The van der Waals surface area contributed by atoms with E-state index >= 15 is 0 Å². The van der Waals surface area contributed by atoms with Crippen molar-refractivity contribution in [1.29, 1.82) is 0 Å². The van der Waals surface area contributed by atoms with Crippen LogP contribution in [0.4, 0.5) is 0 Å². The SMILES string of the molecule is CC(C=O)N1CCN(CCCc2ccc3c(c2)OCCCO3)CC1. The first-order valence-corrected chi connectivity index (χ1v) is 9.06. The second-order valence-corrected chi connectivity index (χ2v) is 6.69. The van der Waals surface area contributed by atoms with Gasteiger partial charge in [-0.15, -0.1) is 0 Å². The Hall–Kier alpha value is -1.59. The van der Waals surface area contributed by atoms with E-state index in [2.05, 4.69) is 21.9 Å². The van der Waals surface area contributed by atoms with Crippen molar-refractivity contribution >= 4 is 6.29 Å². The number of aryl methyl sites for hydroxylation is 1. The van der Waals surface area contributed by atoms with E-state index in [1.807, 2.05) is 13.0 Å². The molecule has 132 valence electrons. The van der Waals surface area contributed by atoms with E-state index in [9.17, 15) is 4.79 Å². The summed E-state index contributed by atoms with van der Waals surface area (Å²) in [4.78, 5) is 15.6. The van der Waals surface area contributed by atoms with Gasteiger partial charge in [0.2, 0.25) is 0 Å². The molecule has 1 aromatic rings. The molecule has 5 nitrogen and oxygen atoms in total. The predicted octanol–water partition coefficient (Wildman–Crippen LogP) is 1.99. The standard InChI is InChI=1S/C19H28N2O3/c1-16(15-22)21-10-8-20(9-11-21)7-2-4-17-5-6-18-19(14-17)24-13-3-12-23-18/h5-6,14-16H,2-4,7-13H2,1H3. The fourth-order valence-electron chi connectivity index (χ4n) is 3.35. The number of hydrogen-bond acceptors (Lipinski definition) is 5. The third-order valence-electron chi connectivity index (χ3n) is 4.93. The smallest absolute Gasteiger partial charge is 0.161 e. The quantitative estimate of drug-likeness (QED) is 0.745. The van der Waals surface area contributed by atoms with Gasteiger partial charge in [0.15, 0.2) is 11.5 Å². The summed E-state index contributed by atoms with van der Waals surface area (Å²) in [7, 11) is 0. The van der Waals surface area contributed by atoms with E-state index in [0.29, 0.717) is 0 Å². The van der Waals surface area contributed by atoms with Gasteiger partial charge >= 0.3 is 0 Å². The molecule has 2 aliphatic rings. The molecule has 0 N–H and O–H groups in total. The average molecular weight is 332 g/mol. The number of fused-ring (bicyclic) bond motifs is 1. The second-order valence-electron chi connectivity index (χ2n) is 6.69. The van der Waals surface area contributed by atoms with Crippen LogP contribution in [0.5, 0.6) is 11.5 Å². The van der Waals surface area contributed by atoms with E-state index in [1.165, 1.54) is 5.56 Å². The van der Waals surface area contributed by atoms with Crippen LogP contribution in [0.25, 0.3) is 0 Å². The molecule has 0 aliphatic carbocycles. The minimum Gasteiger partial charge on any atom is -0.490 e. The van der Waals surface area contributed by atoms with Gasteiger partial charge < -0.3 is 19.2 Å². The molecular weight excluding hydrogens is 304 g/mol. The fourth-order valence-corrected chi connectivity index (χ4v) is 3.35. The molecule has 1 unspecified atom stereocenters. The Kier molecular flexibility index (Phi) is 6.10. The maximum absolute atomic E-state index is 10.9. The summed E-state index contributed by atoms with van der Waals surface area (Å²) < 4.78 is 11.4. The minimum absolute atomic E-state index is 0.0499. The summed E-state index contributed by atoms with van der Waals surface area (Å²) in [5.41, 5.74) is 1.31. The molecule has 1 saturated heterocycles. The molecule has 1 fully saturated rings. The molecule has 1 aromatic carbocycles. The van der Waals surface area contributed by atoms with Crippen LogP contribution in [-0.2, 0) is 11.2 Å². The monoisotopic (exact) mass is 332 g/mol. The van der Waals surface area contributed by atoms with Crippen molar-refractivity contribution in [2.45, 2.75) is 32.2 Å². The highest BCUT2D eigenvalue weighted by atomic mass is 16.5. The highest BCUT2D eigenvalue weighted by molar-refractivity contribution is 5.56. The molecule has 24 heavy (non-hydrogen) atoms. The Morgan fingerprint density at radius 2 is 1.88 bits per heavy atom. The number of nitrogens with zero attached hydrogens (tertiary/aromatic N) is 2. The van der Waals surface area contributed by atoms with Crippen LogP contribution in [0, 0.1) is 0 Å². The lowest BCUT2D eigenvalue weighted by Crippen LogP contribution is -2.50. The Morgan fingerprint density at radius 3 is 2.62 bits per heavy atom. The first-order valence-electron chi connectivity index (χ1n) is 9.06. The Bertz CT molecular complexity index is 541. The predicted molar refractivity (Wildman–Crippen MR) is 93.9 cm³/mol. The van der Waals surface area contributed by atoms with Crippen molar-refractivity contribution < 1.29 is 14.3 Å². The fraction of sp³-hybridized carbons (Fsp3) is 0.632. The molecule has 0 saturated carbocycles. The molecule has 0 aromatic heterocycles. The van der Waals surface area contributed by atoms with Crippen LogP contribution >= 0.6 is 0 Å². The summed E-state index contributed by atoms with van der Waals surface area (Å²) in [5, 5.41) is 0. The van der Waals surface area contributed by atoms with Crippen molar-refractivity contribution in [2.24, 2.45) is 0 Å². The van der Waals surface area contributed by atoms with E-state index in [0.717, 1.165) is 83.0 Å². The zero-order valence-electron chi connectivity index (χ0n) is 14.6. The largest absolute Gasteiger partial charge is 0.490 e. The average Bonchev–Trinajstić information content (AvgIpc) is 2.86. The minimum atomic E-state index is 0.0499. The number of hydrogen-bond donors (Lipinski definition) is 0. The van der Waals surface area contributed by atoms with Crippen LogP contribution in [0.3, 0.4) is 0 Å². The van der Waals surface area contributed by atoms with Gasteiger partial charge in [0.25, 0.3) is 0 Å². The van der Waals surface area contributed by atoms with Crippen molar-refractivity contribution in [2.75, 3.05) is 45.9 Å². The number of benzene rings is 1. The van der Waals surface area contributed by atoms with Gasteiger partial charge in [-0.05, 0) is 44.0 Å². The zero-order chi connectivity index (χ0) is 16.8. The van der Waals surface area contributed by atoms with E-state index in [-0.39, 0.29) is 6.04 Å². The Labute approximate surface area is 144 Å². The number of rotatable bonds is 6. The lowest BCUT2D eigenvalue weighted by Gasteiger charge is -2.36. The molecule has 0 spiro atoms. The Balaban J connectivity index is 1.42. The number of carbonyl (C=O) groups excluding carboxylic acids is 1. The first-order chi connectivity index (χ1) is 11.8. The molecule has 2 heterocycles. The topological polar surface area (TPSA) is 42.0 Å². The molecule has 5 heteroatoms. The van der Waals surface area contributed by atoms with E-state index < -0.39 is 0 Å². The number of ether oxygens (including phenoxy) is 2. The lowest BCUT2D eigenvalue weighted by atomic mass is 10.1. The number of carbonyl (C=O) groups is 1. The molecule has 0 radical (unpaired) electrons. The van der Waals surface area contributed by atoms with Crippen LogP contribution in [-0.4, -0.2) is 68.1 Å². The molecule has 1 atom stereocenters. The molecular formula is C19H28N2O3. The molecule has 2 aliphatic heterocycles.